The second-order valence-electron chi connectivity index (χ2n) is 8.01. The van der Waals surface area contributed by atoms with E-state index in [2.05, 4.69) is 0 Å². The van der Waals surface area contributed by atoms with Gasteiger partial charge in [-0.3, -0.25) is 14.4 Å². The smallest absolute Gasteiger partial charge is 0.480 e. The molecular weight excluding hydrogens is 446 g/mol. The summed E-state index contributed by atoms with van der Waals surface area (Å²) in [6, 6.07) is 3.01. The highest BCUT2D eigenvalue weighted by molar-refractivity contribution is 5.77. The Morgan fingerprint density at radius 3 is 2.09 bits per heavy atom. The van der Waals surface area contributed by atoms with Crippen LogP contribution in [0.3, 0.4) is 0 Å². The first kappa shape index (κ1) is 28.9. The minimum absolute atomic E-state index is 0.0254. The Labute approximate surface area is 199 Å². The van der Waals surface area contributed by atoms with E-state index in [1.165, 1.54) is 18.2 Å². The fourth-order valence-electron chi connectivity index (χ4n) is 3.30. The van der Waals surface area contributed by atoms with E-state index in [-0.39, 0.29) is 37.1 Å². The van der Waals surface area contributed by atoms with Gasteiger partial charge in [0.15, 0.2) is 11.5 Å². The van der Waals surface area contributed by atoms with Crippen molar-refractivity contribution in [3.05, 3.63) is 23.8 Å². The maximum Gasteiger partial charge on any atom is 0.508 e. The number of hydrogen-bond donors (Lipinski definition) is 2. The lowest BCUT2D eigenvalue weighted by atomic mass is 9.82. The second kappa shape index (κ2) is 14.2. The second-order valence-corrected chi connectivity index (χ2v) is 8.01. The maximum atomic E-state index is 12.0. The van der Waals surface area contributed by atoms with Gasteiger partial charge < -0.3 is 29.8 Å². The molecule has 0 aliphatic rings. The molecule has 3 N–H and O–H groups in total. The van der Waals surface area contributed by atoms with Crippen molar-refractivity contribution in [2.45, 2.75) is 78.4 Å². The highest BCUT2D eigenvalue weighted by Crippen LogP contribution is 2.36. The molecule has 0 spiro atoms. The minimum atomic E-state index is -1.35. The number of benzene rings is 1. The molecule has 0 aliphatic heterocycles. The number of rotatable bonds is 13. The van der Waals surface area contributed by atoms with Crippen LogP contribution in [0.4, 0.5) is 4.79 Å². The summed E-state index contributed by atoms with van der Waals surface area (Å²) in [6.07, 6.45) is 0.553. The Hall–Kier alpha value is -3.14. The summed E-state index contributed by atoms with van der Waals surface area (Å²) in [5.41, 5.74) is 6.38. The van der Waals surface area contributed by atoms with Gasteiger partial charge in [0, 0.05) is 18.8 Å². The van der Waals surface area contributed by atoms with Crippen LogP contribution in [0.5, 0.6) is 11.5 Å². The Morgan fingerprint density at radius 2 is 1.56 bits per heavy atom. The first-order chi connectivity index (χ1) is 16.0. The average molecular weight is 482 g/mol. The van der Waals surface area contributed by atoms with Crippen LogP contribution in [0.1, 0.15) is 71.8 Å². The number of hydrogen-bond acceptors (Lipinski definition) is 9. The van der Waals surface area contributed by atoms with E-state index in [0.717, 1.165) is 6.42 Å². The van der Waals surface area contributed by atoms with Gasteiger partial charge in [0.1, 0.15) is 12.1 Å². The van der Waals surface area contributed by atoms with Crippen molar-refractivity contribution in [2.75, 3.05) is 6.61 Å². The molecule has 0 aliphatic carbocycles. The Morgan fingerprint density at radius 1 is 0.971 bits per heavy atom. The molecule has 1 aromatic rings. The summed E-state index contributed by atoms with van der Waals surface area (Å²) in [6.45, 7) is 8.47. The molecular formula is C24H35NO9. The van der Waals surface area contributed by atoms with Crippen LogP contribution in [0.2, 0.25) is 0 Å². The molecule has 10 nitrogen and oxygen atoms in total. The number of carboxylic acid groups (broad SMARTS) is 1. The van der Waals surface area contributed by atoms with Gasteiger partial charge in [0.05, 0.1) is 6.61 Å². The standard InChI is InChI=1S/C24H35NO9/c1-6-9-15(5)32-24(30)31-13-14(4)21(22(25)23(28)29)16-10-11-17(33-19(26)7-2)18(12-16)34-20(27)8-3/h10-12,14-15,21-22H,6-9,13,25H2,1-5H3,(H,28,29)/t14?,15?,21?,22-/m0/s1. The minimum Gasteiger partial charge on any atom is -0.480 e. The number of carboxylic acids is 1. The van der Waals surface area contributed by atoms with E-state index in [1.54, 1.807) is 27.7 Å². The zero-order chi connectivity index (χ0) is 25.8. The van der Waals surface area contributed by atoms with E-state index in [0.29, 0.717) is 12.0 Å². The van der Waals surface area contributed by atoms with Crippen molar-refractivity contribution in [3.63, 3.8) is 0 Å². The lowest BCUT2D eigenvalue weighted by Gasteiger charge is -2.28. The van der Waals surface area contributed by atoms with Crippen LogP contribution >= 0.6 is 0 Å². The highest BCUT2D eigenvalue weighted by atomic mass is 16.7. The van der Waals surface area contributed by atoms with Gasteiger partial charge in [-0.05, 0) is 37.0 Å². The first-order valence-corrected chi connectivity index (χ1v) is 11.4. The highest BCUT2D eigenvalue weighted by Gasteiger charge is 2.33. The molecule has 1 rings (SSSR count). The summed E-state index contributed by atoms with van der Waals surface area (Å²) < 4.78 is 20.9. The zero-order valence-corrected chi connectivity index (χ0v) is 20.4. The summed E-state index contributed by atoms with van der Waals surface area (Å²) in [4.78, 5) is 47.4. The maximum absolute atomic E-state index is 12.0. The molecule has 0 saturated heterocycles. The molecule has 0 amide bonds. The predicted molar refractivity (Wildman–Crippen MR) is 123 cm³/mol. The van der Waals surface area contributed by atoms with Crippen LogP contribution in [0, 0.1) is 5.92 Å². The van der Waals surface area contributed by atoms with Crippen molar-refractivity contribution in [1.82, 2.24) is 0 Å². The van der Waals surface area contributed by atoms with Crippen LogP contribution in [-0.2, 0) is 23.9 Å². The lowest BCUT2D eigenvalue weighted by Crippen LogP contribution is -2.40. The quantitative estimate of drug-likeness (QED) is 0.314. The normalized spacial score (nSPS) is 14.3. The van der Waals surface area contributed by atoms with Crippen LogP contribution in [0.15, 0.2) is 18.2 Å². The molecule has 4 atom stereocenters. The van der Waals surface area contributed by atoms with E-state index in [9.17, 15) is 24.3 Å². The molecule has 1 aromatic carbocycles. The molecule has 0 aromatic heterocycles. The van der Waals surface area contributed by atoms with Gasteiger partial charge in [0.2, 0.25) is 0 Å². The lowest BCUT2D eigenvalue weighted by molar-refractivity contribution is -0.139. The predicted octanol–water partition coefficient (Wildman–Crippen LogP) is 3.79. The van der Waals surface area contributed by atoms with Crippen molar-refractivity contribution >= 4 is 24.1 Å². The number of aliphatic carboxylic acids is 1. The third-order valence-electron chi connectivity index (χ3n) is 5.12. The van der Waals surface area contributed by atoms with Gasteiger partial charge in [-0.25, -0.2) is 4.79 Å². The van der Waals surface area contributed by atoms with Crippen LogP contribution in [0.25, 0.3) is 0 Å². The fourth-order valence-corrected chi connectivity index (χ4v) is 3.30. The molecule has 190 valence electrons. The number of ether oxygens (including phenoxy) is 4. The van der Waals surface area contributed by atoms with Gasteiger partial charge in [-0.15, -0.1) is 0 Å². The van der Waals surface area contributed by atoms with E-state index in [4.69, 9.17) is 24.7 Å². The van der Waals surface area contributed by atoms with Crippen molar-refractivity contribution < 1.29 is 43.2 Å². The van der Waals surface area contributed by atoms with Gasteiger partial charge in [-0.2, -0.15) is 0 Å². The number of carbonyl (C=O) groups excluding carboxylic acids is 3. The fraction of sp³-hybridized carbons (Fsp3) is 0.583. The third kappa shape index (κ3) is 9.01. The van der Waals surface area contributed by atoms with Crippen LogP contribution in [-0.4, -0.2) is 47.9 Å². The Bertz CT molecular complexity index is 855. The zero-order valence-electron chi connectivity index (χ0n) is 20.4. The van der Waals surface area contributed by atoms with Gasteiger partial charge in [0.25, 0.3) is 0 Å². The average Bonchev–Trinajstić information content (AvgIpc) is 2.79. The third-order valence-corrected chi connectivity index (χ3v) is 5.12. The van der Waals surface area contributed by atoms with Gasteiger partial charge in [-0.1, -0.05) is 40.2 Å². The Kier molecular flexibility index (Phi) is 12.1. The van der Waals surface area contributed by atoms with Crippen molar-refractivity contribution in [1.29, 1.82) is 0 Å². The summed E-state index contributed by atoms with van der Waals surface area (Å²) >= 11 is 0. The molecule has 34 heavy (non-hydrogen) atoms. The molecule has 10 heteroatoms. The van der Waals surface area contributed by atoms with Crippen molar-refractivity contribution in [2.24, 2.45) is 11.7 Å². The number of esters is 2. The number of carbonyl (C=O) groups is 4. The van der Waals surface area contributed by atoms with Crippen LogP contribution < -0.4 is 15.2 Å². The molecule has 0 radical (unpaired) electrons. The summed E-state index contributed by atoms with van der Waals surface area (Å²) in [5, 5.41) is 9.56. The Balaban J connectivity index is 3.20. The van der Waals surface area contributed by atoms with E-state index < -0.39 is 41.9 Å². The van der Waals surface area contributed by atoms with E-state index >= 15 is 0 Å². The SMILES string of the molecule is CCCC(C)OC(=O)OCC(C)C(c1ccc(OC(=O)CC)c(OC(=O)CC)c1)[C@H](N)C(=O)O. The molecule has 0 saturated carbocycles. The molecule has 3 unspecified atom stereocenters. The van der Waals surface area contributed by atoms with Gasteiger partial charge >= 0.3 is 24.1 Å². The molecule has 0 fully saturated rings. The summed E-state index contributed by atoms with van der Waals surface area (Å²) in [7, 11) is 0. The number of nitrogens with two attached hydrogens (primary N) is 1. The monoisotopic (exact) mass is 481 g/mol. The van der Waals surface area contributed by atoms with E-state index in [1.807, 2.05) is 6.92 Å². The first-order valence-electron chi connectivity index (χ1n) is 11.4. The molecule has 0 heterocycles. The topological polar surface area (TPSA) is 151 Å². The molecule has 0 bridgehead atoms. The van der Waals surface area contributed by atoms with Crippen molar-refractivity contribution in [3.8, 4) is 11.5 Å². The summed E-state index contributed by atoms with van der Waals surface area (Å²) in [5.74, 6) is -3.73. The largest absolute Gasteiger partial charge is 0.508 e.